The van der Waals surface area contributed by atoms with Crippen LogP contribution in [0.2, 0.25) is 0 Å². The summed E-state index contributed by atoms with van der Waals surface area (Å²) >= 11 is 0. The van der Waals surface area contributed by atoms with Gasteiger partial charge in [0.25, 0.3) is 0 Å². The van der Waals surface area contributed by atoms with E-state index in [9.17, 15) is 0 Å². The van der Waals surface area contributed by atoms with E-state index in [4.69, 9.17) is 0 Å². The summed E-state index contributed by atoms with van der Waals surface area (Å²) in [7, 11) is 0. The Morgan fingerprint density at radius 3 is 3.07 bits per heavy atom. The number of para-hydroxylation sites is 1. The third-order valence-corrected chi connectivity index (χ3v) is 3.04. The predicted molar refractivity (Wildman–Crippen MR) is 61.7 cm³/mol. The van der Waals surface area contributed by atoms with E-state index in [0.717, 1.165) is 5.36 Å². The van der Waals surface area contributed by atoms with Crippen LogP contribution in [-0.4, -0.2) is 0 Å². The van der Waals surface area contributed by atoms with Crippen molar-refractivity contribution in [1.82, 2.24) is 0 Å². The van der Waals surface area contributed by atoms with Crippen molar-refractivity contribution in [3.63, 3.8) is 0 Å². The third kappa shape index (κ3) is 1.44. The largest absolute Gasteiger partial charge is 0.256 e. The second kappa shape index (κ2) is 3.50. The highest BCUT2D eigenvalue weighted by molar-refractivity contribution is 5.69. The quantitative estimate of drug-likeness (QED) is 0.601. The number of hydrogen-bond acceptors (Lipinski definition) is 1. The van der Waals surface area contributed by atoms with Crippen LogP contribution in [0.15, 0.2) is 53.2 Å². The zero-order valence-corrected chi connectivity index (χ0v) is 8.61. The highest BCUT2D eigenvalue weighted by Gasteiger charge is 2.10. The first-order chi connectivity index (χ1) is 7.45. The van der Waals surface area contributed by atoms with Gasteiger partial charge in [-0.25, -0.2) is 0 Å². The molecule has 0 aromatic heterocycles. The molecule has 1 aromatic carbocycles. The van der Waals surface area contributed by atoms with Crippen LogP contribution in [0.3, 0.4) is 0 Å². The Hall–Kier alpha value is -1.63. The van der Waals surface area contributed by atoms with Gasteiger partial charge in [-0.2, -0.15) is 0 Å². The lowest BCUT2D eigenvalue weighted by Gasteiger charge is -2.13. The molecule has 0 fully saturated rings. The molecule has 3 rings (SSSR count). The van der Waals surface area contributed by atoms with Gasteiger partial charge < -0.3 is 0 Å². The Morgan fingerprint density at radius 2 is 2.07 bits per heavy atom. The standard InChI is InChI=1S/C14H13N/c1-2-6-12-11(5-1)9-10-15-14-8-4-3-7-13(12)14/h3-5,7-10H,1-2,6H2. The second-order valence-corrected chi connectivity index (χ2v) is 3.99. The fraction of sp³-hybridized carbons (Fsp3) is 0.214. The molecule has 0 saturated heterocycles. The smallest absolute Gasteiger partial charge is 0.0704 e. The molecule has 1 heteroatoms. The molecule has 2 aliphatic rings. The molecule has 0 N–H and O–H groups in total. The van der Waals surface area contributed by atoms with Crippen molar-refractivity contribution in [2.24, 2.45) is 4.99 Å². The number of rotatable bonds is 0. The number of nitrogens with zero attached hydrogens (tertiary/aromatic N) is 1. The number of fused-ring (bicyclic) bond motifs is 2. The molecule has 74 valence electrons. The molecule has 1 heterocycles. The van der Waals surface area contributed by atoms with Gasteiger partial charge in [-0.3, -0.25) is 4.99 Å². The third-order valence-electron chi connectivity index (χ3n) is 3.04. The van der Waals surface area contributed by atoms with Crippen molar-refractivity contribution in [3.8, 4) is 0 Å². The highest BCUT2D eigenvalue weighted by atomic mass is 14.7. The van der Waals surface area contributed by atoms with E-state index in [0.29, 0.717) is 0 Å². The summed E-state index contributed by atoms with van der Waals surface area (Å²) in [5, 5.41) is 2.42. The van der Waals surface area contributed by atoms with Crippen molar-refractivity contribution < 1.29 is 0 Å². The predicted octanol–water partition coefficient (Wildman–Crippen LogP) is 2.09. The van der Waals surface area contributed by atoms with E-state index in [-0.39, 0.29) is 0 Å². The summed E-state index contributed by atoms with van der Waals surface area (Å²) in [6.45, 7) is 0. The van der Waals surface area contributed by atoms with Crippen LogP contribution in [-0.2, 0) is 0 Å². The average Bonchev–Trinajstić information content (AvgIpc) is 2.48. The van der Waals surface area contributed by atoms with Crippen LogP contribution in [0.25, 0.3) is 5.57 Å². The van der Waals surface area contributed by atoms with Crippen molar-refractivity contribution in [2.45, 2.75) is 19.3 Å². The first-order valence-electron chi connectivity index (χ1n) is 5.48. The van der Waals surface area contributed by atoms with Gasteiger partial charge in [0.15, 0.2) is 0 Å². The lowest BCUT2D eigenvalue weighted by atomic mass is 9.92. The van der Waals surface area contributed by atoms with Crippen molar-refractivity contribution in [1.29, 1.82) is 0 Å². The molecule has 0 bridgehead atoms. The zero-order valence-electron chi connectivity index (χ0n) is 8.61. The summed E-state index contributed by atoms with van der Waals surface area (Å²) in [5.41, 5.74) is 2.84. The van der Waals surface area contributed by atoms with Gasteiger partial charge in [-0.05, 0) is 42.6 Å². The summed E-state index contributed by atoms with van der Waals surface area (Å²) in [4.78, 5) is 4.47. The molecule has 15 heavy (non-hydrogen) atoms. The second-order valence-electron chi connectivity index (χ2n) is 3.99. The van der Waals surface area contributed by atoms with Crippen LogP contribution in [0.4, 0.5) is 0 Å². The lowest BCUT2D eigenvalue weighted by Crippen LogP contribution is -2.26. The highest BCUT2D eigenvalue weighted by Crippen LogP contribution is 2.25. The molecule has 0 spiro atoms. The average molecular weight is 195 g/mol. The van der Waals surface area contributed by atoms with E-state index in [1.165, 1.54) is 35.6 Å². The minimum absolute atomic E-state index is 1.11. The van der Waals surface area contributed by atoms with Crippen LogP contribution in [0, 0.1) is 0 Å². The molecule has 0 radical (unpaired) electrons. The molecule has 1 aliphatic carbocycles. The van der Waals surface area contributed by atoms with Crippen molar-refractivity contribution >= 4 is 5.57 Å². The van der Waals surface area contributed by atoms with Gasteiger partial charge in [-0.1, -0.05) is 24.3 Å². The van der Waals surface area contributed by atoms with Crippen LogP contribution in [0.5, 0.6) is 0 Å². The molecule has 0 unspecified atom stereocenters. The molecular weight excluding hydrogens is 182 g/mol. The van der Waals surface area contributed by atoms with Crippen LogP contribution < -0.4 is 10.6 Å². The van der Waals surface area contributed by atoms with Gasteiger partial charge >= 0.3 is 0 Å². The summed E-state index contributed by atoms with van der Waals surface area (Å²) < 4.78 is 0. The minimum Gasteiger partial charge on any atom is -0.256 e. The van der Waals surface area contributed by atoms with Gasteiger partial charge in [0.2, 0.25) is 0 Å². The molecule has 0 amide bonds. The van der Waals surface area contributed by atoms with E-state index in [1.807, 2.05) is 12.3 Å². The normalized spacial score (nSPS) is 18.4. The molecule has 0 atom stereocenters. The van der Waals surface area contributed by atoms with E-state index >= 15 is 0 Å². The van der Waals surface area contributed by atoms with Crippen LogP contribution in [0.1, 0.15) is 19.3 Å². The fourth-order valence-corrected chi connectivity index (χ4v) is 2.30. The number of allylic oxidation sites excluding steroid dienone is 3. The monoisotopic (exact) mass is 195 g/mol. The lowest BCUT2D eigenvalue weighted by molar-refractivity contribution is 0.850. The molecule has 0 saturated carbocycles. The van der Waals surface area contributed by atoms with Crippen LogP contribution >= 0.6 is 0 Å². The maximum atomic E-state index is 4.47. The van der Waals surface area contributed by atoms with Gasteiger partial charge in [0.05, 0.1) is 5.36 Å². The van der Waals surface area contributed by atoms with E-state index in [2.05, 4.69) is 35.3 Å². The Bertz CT molecular complexity index is 561. The number of benzene rings is 1. The first kappa shape index (κ1) is 8.66. The first-order valence-corrected chi connectivity index (χ1v) is 5.48. The Balaban J connectivity index is 2.43. The van der Waals surface area contributed by atoms with Crippen molar-refractivity contribution in [3.05, 3.63) is 58.8 Å². The van der Waals surface area contributed by atoms with E-state index in [1.54, 1.807) is 0 Å². The summed E-state index contributed by atoms with van der Waals surface area (Å²) in [5.74, 6) is 0. The van der Waals surface area contributed by atoms with Gasteiger partial charge in [0, 0.05) is 11.4 Å². The molecular formula is C14H13N. The van der Waals surface area contributed by atoms with Gasteiger partial charge in [-0.15, -0.1) is 0 Å². The maximum Gasteiger partial charge on any atom is 0.0704 e. The minimum atomic E-state index is 1.11. The topological polar surface area (TPSA) is 12.4 Å². The Morgan fingerprint density at radius 1 is 1.13 bits per heavy atom. The molecule has 1 aromatic rings. The van der Waals surface area contributed by atoms with Gasteiger partial charge in [0.1, 0.15) is 0 Å². The molecule has 1 aliphatic heterocycles. The summed E-state index contributed by atoms with van der Waals surface area (Å²) in [6, 6.07) is 8.41. The summed E-state index contributed by atoms with van der Waals surface area (Å²) in [6.07, 6.45) is 10.0. The maximum absolute atomic E-state index is 4.47. The Labute approximate surface area is 89.2 Å². The molecule has 1 nitrogen and oxygen atoms in total. The fourth-order valence-electron chi connectivity index (χ4n) is 2.30. The van der Waals surface area contributed by atoms with E-state index < -0.39 is 0 Å². The SMILES string of the molecule is C1=CC2=CCCCC2=c2ccccc2=N1. The van der Waals surface area contributed by atoms with Crippen molar-refractivity contribution in [2.75, 3.05) is 0 Å². The zero-order chi connectivity index (χ0) is 10.1. The Kier molecular flexibility index (Phi) is 2.02. The number of hydrogen-bond donors (Lipinski definition) is 0.